The van der Waals surface area contributed by atoms with E-state index in [2.05, 4.69) is 15.6 Å². The maximum absolute atomic E-state index is 14.7. The first-order chi connectivity index (χ1) is 17.4. The van der Waals surface area contributed by atoms with Gasteiger partial charge < -0.3 is 25.0 Å². The van der Waals surface area contributed by atoms with Crippen LogP contribution in [0, 0.1) is 5.82 Å². The third-order valence-corrected chi connectivity index (χ3v) is 5.91. The van der Waals surface area contributed by atoms with E-state index in [-0.39, 0.29) is 17.8 Å². The molecule has 9 heteroatoms. The molecule has 0 fully saturated rings. The summed E-state index contributed by atoms with van der Waals surface area (Å²) in [5.74, 6) is 0.435. The summed E-state index contributed by atoms with van der Waals surface area (Å²) < 4.78 is 25.4. The van der Waals surface area contributed by atoms with Crippen molar-refractivity contribution in [1.82, 2.24) is 10.6 Å². The summed E-state index contributed by atoms with van der Waals surface area (Å²) in [5, 5.41) is 5.37. The Balaban J connectivity index is 1.54. The summed E-state index contributed by atoms with van der Waals surface area (Å²) in [7, 11) is 4.75. The van der Waals surface area contributed by atoms with Gasteiger partial charge in [0.1, 0.15) is 17.3 Å². The number of likely N-dealkylation sites (N-methyl/N-ethyl adjacent to an activating group) is 1. The molecule has 1 unspecified atom stereocenters. The standard InChI is InChI=1S/C27H27FN4O4/c1-32-22-11-7-5-9-20(22)24(19-8-4-6-10-21(19)28)30-25(26(32)33)31-27(34)29-15-14-17-16-18(35-2)12-13-23(17)36-3/h4-13,16,25H,14-15H2,1-3H3,(H2,29,31,34). The van der Waals surface area contributed by atoms with Crippen molar-refractivity contribution in [1.29, 1.82) is 0 Å². The Hall–Kier alpha value is -4.40. The van der Waals surface area contributed by atoms with Crippen LogP contribution in [0.25, 0.3) is 0 Å². The van der Waals surface area contributed by atoms with Crippen molar-refractivity contribution in [2.75, 3.05) is 32.7 Å². The topological polar surface area (TPSA) is 92.3 Å². The molecule has 8 nitrogen and oxygen atoms in total. The normalized spacial score (nSPS) is 14.9. The van der Waals surface area contributed by atoms with Gasteiger partial charge in [-0.1, -0.05) is 30.3 Å². The van der Waals surface area contributed by atoms with Gasteiger partial charge in [-0.15, -0.1) is 0 Å². The fourth-order valence-electron chi connectivity index (χ4n) is 4.05. The van der Waals surface area contributed by atoms with E-state index in [0.717, 1.165) is 5.56 Å². The van der Waals surface area contributed by atoms with E-state index in [0.29, 0.717) is 29.2 Å². The predicted molar refractivity (Wildman–Crippen MR) is 135 cm³/mol. The smallest absolute Gasteiger partial charge is 0.316 e. The van der Waals surface area contributed by atoms with Crippen LogP contribution < -0.4 is 25.0 Å². The van der Waals surface area contributed by atoms with Crippen molar-refractivity contribution in [2.45, 2.75) is 12.6 Å². The molecule has 1 heterocycles. The second kappa shape index (κ2) is 10.9. The van der Waals surface area contributed by atoms with Crippen LogP contribution in [-0.4, -0.2) is 51.6 Å². The number of hydrogen-bond donors (Lipinski definition) is 2. The summed E-state index contributed by atoms with van der Waals surface area (Å²) in [6, 6.07) is 18.2. The number of anilines is 1. The average Bonchev–Trinajstić information content (AvgIpc) is 2.99. The number of para-hydroxylation sites is 1. The molecule has 3 aromatic rings. The van der Waals surface area contributed by atoms with Crippen LogP contribution in [0.1, 0.15) is 16.7 Å². The maximum Gasteiger partial charge on any atom is 0.316 e. The average molecular weight is 491 g/mol. The van der Waals surface area contributed by atoms with Gasteiger partial charge >= 0.3 is 6.03 Å². The molecule has 1 atom stereocenters. The van der Waals surface area contributed by atoms with E-state index in [1.54, 1.807) is 75.9 Å². The lowest BCUT2D eigenvalue weighted by atomic mass is 10.00. The molecule has 2 N–H and O–H groups in total. The lowest BCUT2D eigenvalue weighted by Crippen LogP contribution is -2.49. The number of nitrogens with one attached hydrogen (secondary N) is 2. The van der Waals surface area contributed by atoms with E-state index in [9.17, 15) is 14.0 Å². The van der Waals surface area contributed by atoms with Crippen LogP contribution in [0.15, 0.2) is 71.7 Å². The molecule has 1 aliphatic heterocycles. The summed E-state index contributed by atoms with van der Waals surface area (Å²) in [4.78, 5) is 31.9. The van der Waals surface area contributed by atoms with Crippen molar-refractivity contribution >= 4 is 23.3 Å². The van der Waals surface area contributed by atoms with Crippen LogP contribution >= 0.6 is 0 Å². The fraction of sp³-hybridized carbons (Fsp3) is 0.222. The van der Waals surface area contributed by atoms with Crippen LogP contribution in [0.5, 0.6) is 11.5 Å². The highest BCUT2D eigenvalue weighted by molar-refractivity contribution is 6.20. The Labute approximate surface area is 208 Å². The minimum Gasteiger partial charge on any atom is -0.497 e. The van der Waals surface area contributed by atoms with Crippen molar-refractivity contribution in [3.05, 3.63) is 89.2 Å². The first-order valence-corrected chi connectivity index (χ1v) is 11.4. The molecule has 0 spiro atoms. The molecule has 0 bridgehead atoms. The first-order valence-electron chi connectivity index (χ1n) is 11.4. The molecular formula is C27H27FN4O4. The van der Waals surface area contributed by atoms with Gasteiger partial charge in [0, 0.05) is 24.7 Å². The second-order valence-electron chi connectivity index (χ2n) is 8.10. The zero-order valence-corrected chi connectivity index (χ0v) is 20.2. The highest BCUT2D eigenvalue weighted by atomic mass is 19.1. The lowest BCUT2D eigenvalue weighted by molar-refractivity contribution is -0.119. The van der Waals surface area contributed by atoms with Crippen molar-refractivity contribution < 1.29 is 23.5 Å². The maximum atomic E-state index is 14.7. The largest absolute Gasteiger partial charge is 0.497 e. The van der Waals surface area contributed by atoms with Gasteiger partial charge in [0.05, 0.1) is 25.6 Å². The monoisotopic (exact) mass is 490 g/mol. The van der Waals surface area contributed by atoms with Gasteiger partial charge in [-0.3, -0.25) is 4.79 Å². The molecule has 36 heavy (non-hydrogen) atoms. The second-order valence-corrected chi connectivity index (χ2v) is 8.10. The number of aliphatic imine (C=N–C) groups is 1. The fourth-order valence-corrected chi connectivity index (χ4v) is 4.05. The summed E-state index contributed by atoms with van der Waals surface area (Å²) in [6.07, 6.45) is -0.773. The minimum absolute atomic E-state index is 0.241. The number of nitrogens with zero attached hydrogens (tertiary/aromatic N) is 2. The van der Waals surface area contributed by atoms with Crippen LogP contribution in [0.4, 0.5) is 14.9 Å². The number of carbonyl (C=O) groups excluding carboxylic acids is 2. The highest BCUT2D eigenvalue weighted by Crippen LogP contribution is 2.28. The summed E-state index contributed by atoms with van der Waals surface area (Å²) in [6.45, 7) is 0.274. The number of benzene rings is 3. The van der Waals surface area contributed by atoms with Crippen LogP contribution in [0.3, 0.4) is 0 Å². The number of urea groups is 1. The van der Waals surface area contributed by atoms with E-state index >= 15 is 0 Å². The Morgan fingerprint density at radius 3 is 2.47 bits per heavy atom. The van der Waals surface area contributed by atoms with Gasteiger partial charge in [0.2, 0.25) is 6.17 Å². The van der Waals surface area contributed by atoms with E-state index in [1.165, 1.54) is 11.0 Å². The molecule has 0 aromatic heterocycles. The molecule has 0 saturated carbocycles. The molecule has 4 rings (SSSR count). The van der Waals surface area contributed by atoms with E-state index in [4.69, 9.17) is 9.47 Å². The third kappa shape index (κ3) is 5.14. The minimum atomic E-state index is -1.25. The number of amides is 3. The van der Waals surface area contributed by atoms with Crippen LogP contribution in [-0.2, 0) is 11.2 Å². The number of ether oxygens (including phenoxy) is 2. The number of halogens is 1. The Bertz CT molecular complexity index is 1310. The number of carbonyl (C=O) groups is 2. The Kier molecular flexibility index (Phi) is 7.48. The van der Waals surface area contributed by atoms with Gasteiger partial charge in [-0.2, -0.15) is 0 Å². The molecule has 3 amide bonds. The number of hydrogen-bond acceptors (Lipinski definition) is 5. The number of methoxy groups -OCH3 is 2. The van der Waals surface area contributed by atoms with Crippen LogP contribution in [0.2, 0.25) is 0 Å². The molecule has 186 valence electrons. The van der Waals surface area contributed by atoms with Crippen molar-refractivity contribution in [3.8, 4) is 11.5 Å². The quantitative estimate of drug-likeness (QED) is 0.530. The highest BCUT2D eigenvalue weighted by Gasteiger charge is 2.31. The zero-order chi connectivity index (χ0) is 25.7. The summed E-state index contributed by atoms with van der Waals surface area (Å²) >= 11 is 0. The molecule has 0 aliphatic carbocycles. The SMILES string of the molecule is COc1ccc(OC)c(CCNC(=O)NC2N=C(c3ccccc3F)c3ccccc3N(C)C2=O)c1. The molecule has 1 aliphatic rings. The summed E-state index contributed by atoms with van der Waals surface area (Å²) in [5.41, 5.74) is 2.54. The molecular weight excluding hydrogens is 463 g/mol. The van der Waals surface area contributed by atoms with Gasteiger partial charge in [0.25, 0.3) is 5.91 Å². The molecule has 0 radical (unpaired) electrons. The Morgan fingerprint density at radius 1 is 1.03 bits per heavy atom. The first kappa shape index (κ1) is 24.7. The van der Waals surface area contributed by atoms with E-state index < -0.39 is 23.9 Å². The number of fused-ring (bicyclic) bond motifs is 1. The molecule has 0 saturated heterocycles. The number of rotatable bonds is 7. The number of benzodiazepines with no additional fused rings is 1. The van der Waals surface area contributed by atoms with Gasteiger partial charge in [0.15, 0.2) is 0 Å². The third-order valence-electron chi connectivity index (χ3n) is 5.91. The van der Waals surface area contributed by atoms with Crippen molar-refractivity contribution in [2.24, 2.45) is 4.99 Å². The predicted octanol–water partition coefficient (Wildman–Crippen LogP) is 3.52. The Morgan fingerprint density at radius 2 is 1.75 bits per heavy atom. The van der Waals surface area contributed by atoms with Gasteiger partial charge in [-0.05, 0) is 48.4 Å². The van der Waals surface area contributed by atoms with E-state index in [1.807, 2.05) is 6.07 Å². The lowest BCUT2D eigenvalue weighted by Gasteiger charge is -2.21. The molecule has 3 aromatic carbocycles. The zero-order valence-electron chi connectivity index (χ0n) is 20.2. The van der Waals surface area contributed by atoms with Gasteiger partial charge in [-0.25, -0.2) is 14.2 Å². The van der Waals surface area contributed by atoms with Crippen molar-refractivity contribution in [3.63, 3.8) is 0 Å².